The minimum Gasteiger partial charge on any atom is -0.352 e. The highest BCUT2D eigenvalue weighted by Gasteiger charge is 2.23. The van der Waals surface area contributed by atoms with Crippen LogP contribution in [0.2, 0.25) is 0 Å². The SMILES string of the molecule is CC1CCCCC1NC(=O)Cn1cnc2cc([N+](=O)[O-])ccc2c1=O. The molecule has 1 heterocycles. The van der Waals surface area contributed by atoms with E-state index in [9.17, 15) is 19.7 Å². The van der Waals surface area contributed by atoms with Crippen LogP contribution in [0.15, 0.2) is 29.3 Å². The number of nitrogens with one attached hydrogen (secondary N) is 1. The predicted octanol–water partition coefficient (Wildman–Crippen LogP) is 2.00. The van der Waals surface area contributed by atoms with Crippen molar-refractivity contribution in [1.29, 1.82) is 0 Å². The Morgan fingerprint density at radius 1 is 1.40 bits per heavy atom. The smallest absolute Gasteiger partial charge is 0.271 e. The van der Waals surface area contributed by atoms with Crippen LogP contribution in [0.3, 0.4) is 0 Å². The Morgan fingerprint density at radius 2 is 2.16 bits per heavy atom. The Balaban J connectivity index is 1.78. The minimum atomic E-state index is -0.536. The molecule has 1 amide bonds. The Kier molecular flexibility index (Phi) is 4.78. The van der Waals surface area contributed by atoms with E-state index in [0.717, 1.165) is 19.3 Å². The van der Waals surface area contributed by atoms with Crippen molar-refractivity contribution in [2.24, 2.45) is 5.92 Å². The first kappa shape index (κ1) is 17.1. The van der Waals surface area contributed by atoms with E-state index in [-0.39, 0.29) is 40.6 Å². The Morgan fingerprint density at radius 3 is 2.88 bits per heavy atom. The minimum absolute atomic E-state index is 0.109. The number of carbonyl (C=O) groups excluding carboxylic acids is 1. The van der Waals surface area contributed by atoms with E-state index >= 15 is 0 Å². The van der Waals surface area contributed by atoms with E-state index in [2.05, 4.69) is 17.2 Å². The quantitative estimate of drug-likeness (QED) is 0.674. The molecule has 0 saturated heterocycles. The first-order valence-corrected chi connectivity index (χ1v) is 8.38. The molecule has 2 atom stereocenters. The molecule has 8 heteroatoms. The lowest BCUT2D eigenvalue weighted by molar-refractivity contribution is -0.384. The van der Waals surface area contributed by atoms with Crippen molar-refractivity contribution in [2.75, 3.05) is 0 Å². The van der Waals surface area contributed by atoms with Crippen molar-refractivity contribution in [3.63, 3.8) is 0 Å². The largest absolute Gasteiger partial charge is 0.352 e. The number of non-ortho nitro benzene ring substituents is 1. The van der Waals surface area contributed by atoms with Crippen LogP contribution in [0, 0.1) is 16.0 Å². The summed E-state index contributed by atoms with van der Waals surface area (Å²) in [5.74, 6) is 0.216. The molecule has 1 aromatic carbocycles. The average molecular weight is 344 g/mol. The van der Waals surface area contributed by atoms with Gasteiger partial charge in [0.25, 0.3) is 11.2 Å². The second-order valence-corrected chi connectivity index (χ2v) is 6.57. The van der Waals surface area contributed by atoms with Gasteiger partial charge in [0.1, 0.15) is 6.54 Å². The van der Waals surface area contributed by atoms with Crippen LogP contribution in [0.4, 0.5) is 5.69 Å². The van der Waals surface area contributed by atoms with Gasteiger partial charge in [-0.05, 0) is 24.8 Å². The summed E-state index contributed by atoms with van der Waals surface area (Å²) < 4.78 is 1.23. The number of amides is 1. The zero-order valence-electron chi connectivity index (χ0n) is 14.0. The summed E-state index contributed by atoms with van der Waals surface area (Å²) >= 11 is 0. The van der Waals surface area contributed by atoms with Gasteiger partial charge in [0.2, 0.25) is 5.91 Å². The van der Waals surface area contributed by atoms with E-state index < -0.39 is 4.92 Å². The topological polar surface area (TPSA) is 107 Å². The Bertz CT molecular complexity index is 877. The summed E-state index contributed by atoms with van der Waals surface area (Å²) in [4.78, 5) is 39.1. The molecule has 25 heavy (non-hydrogen) atoms. The van der Waals surface area contributed by atoms with Crippen LogP contribution in [0.1, 0.15) is 32.6 Å². The molecule has 2 aromatic rings. The number of fused-ring (bicyclic) bond motifs is 1. The summed E-state index contributed by atoms with van der Waals surface area (Å²) in [5, 5.41) is 14.1. The lowest BCUT2D eigenvalue weighted by Gasteiger charge is -2.29. The van der Waals surface area contributed by atoms with E-state index in [1.54, 1.807) is 0 Å². The van der Waals surface area contributed by atoms with Crippen molar-refractivity contribution < 1.29 is 9.72 Å². The lowest BCUT2D eigenvalue weighted by atomic mass is 9.86. The van der Waals surface area contributed by atoms with Gasteiger partial charge in [0.15, 0.2) is 0 Å². The van der Waals surface area contributed by atoms with Gasteiger partial charge >= 0.3 is 0 Å². The molecule has 2 unspecified atom stereocenters. The first-order chi connectivity index (χ1) is 12.0. The molecule has 132 valence electrons. The standard InChI is InChI=1S/C17H20N4O4/c1-11-4-2-3-5-14(11)19-16(22)9-20-10-18-15-8-12(21(24)25)6-7-13(15)17(20)23/h6-8,10-11,14H,2-5,9H2,1H3,(H,19,22). The number of nitro groups is 1. The van der Waals surface area contributed by atoms with E-state index in [1.807, 2.05) is 0 Å². The summed E-state index contributed by atoms with van der Waals surface area (Å²) in [6.07, 6.45) is 5.61. The number of carbonyl (C=O) groups is 1. The molecule has 1 fully saturated rings. The maximum atomic E-state index is 12.5. The highest BCUT2D eigenvalue weighted by atomic mass is 16.6. The van der Waals surface area contributed by atoms with Crippen LogP contribution in [0.25, 0.3) is 10.9 Å². The maximum absolute atomic E-state index is 12.5. The van der Waals surface area contributed by atoms with Gasteiger partial charge in [0.05, 0.1) is 22.2 Å². The van der Waals surface area contributed by atoms with Crippen LogP contribution in [-0.4, -0.2) is 26.4 Å². The van der Waals surface area contributed by atoms with Gasteiger partial charge in [-0.25, -0.2) is 4.98 Å². The Labute approximate surface area is 144 Å². The fourth-order valence-electron chi connectivity index (χ4n) is 3.31. The van der Waals surface area contributed by atoms with E-state index in [4.69, 9.17) is 0 Å². The number of nitrogens with zero attached hydrogens (tertiary/aromatic N) is 3. The predicted molar refractivity (Wildman–Crippen MR) is 92.2 cm³/mol. The highest BCUT2D eigenvalue weighted by molar-refractivity contribution is 5.80. The molecular formula is C17H20N4O4. The van der Waals surface area contributed by atoms with E-state index in [0.29, 0.717) is 5.92 Å². The van der Waals surface area contributed by atoms with Crippen LogP contribution < -0.4 is 10.9 Å². The third kappa shape index (κ3) is 3.67. The van der Waals surface area contributed by atoms with Crippen molar-refractivity contribution >= 4 is 22.5 Å². The van der Waals surface area contributed by atoms with Gasteiger partial charge in [0, 0.05) is 18.2 Å². The second kappa shape index (κ2) is 7.00. The number of rotatable bonds is 4. The molecule has 1 aliphatic carbocycles. The van der Waals surface area contributed by atoms with Gasteiger partial charge in [-0.3, -0.25) is 24.3 Å². The Hall–Kier alpha value is -2.77. The number of nitro benzene ring substituents is 1. The molecule has 1 aliphatic rings. The zero-order chi connectivity index (χ0) is 18.0. The van der Waals surface area contributed by atoms with Crippen molar-refractivity contribution in [2.45, 2.75) is 45.2 Å². The maximum Gasteiger partial charge on any atom is 0.271 e. The summed E-state index contributed by atoms with van der Waals surface area (Å²) in [6.45, 7) is 2.02. The summed E-state index contributed by atoms with van der Waals surface area (Å²) in [7, 11) is 0. The summed E-state index contributed by atoms with van der Waals surface area (Å²) in [6, 6.07) is 4.04. The van der Waals surface area contributed by atoms with Crippen LogP contribution in [-0.2, 0) is 11.3 Å². The fraction of sp³-hybridized carbons (Fsp3) is 0.471. The zero-order valence-corrected chi connectivity index (χ0v) is 14.0. The third-order valence-electron chi connectivity index (χ3n) is 4.79. The molecule has 0 bridgehead atoms. The van der Waals surface area contributed by atoms with Crippen molar-refractivity contribution in [3.8, 4) is 0 Å². The third-order valence-corrected chi connectivity index (χ3v) is 4.79. The first-order valence-electron chi connectivity index (χ1n) is 8.38. The van der Waals surface area contributed by atoms with Crippen molar-refractivity contribution in [3.05, 3.63) is 45.0 Å². The van der Waals surface area contributed by atoms with Crippen molar-refractivity contribution in [1.82, 2.24) is 14.9 Å². The van der Waals surface area contributed by atoms with Gasteiger partial charge in [-0.1, -0.05) is 19.8 Å². The van der Waals surface area contributed by atoms with E-state index in [1.165, 1.54) is 35.5 Å². The summed E-state index contributed by atoms with van der Waals surface area (Å²) in [5.41, 5.74) is -0.260. The molecular weight excluding hydrogens is 324 g/mol. The molecule has 1 aromatic heterocycles. The fourth-order valence-corrected chi connectivity index (χ4v) is 3.31. The molecule has 8 nitrogen and oxygen atoms in total. The number of aromatic nitrogens is 2. The second-order valence-electron chi connectivity index (χ2n) is 6.57. The van der Waals surface area contributed by atoms with Gasteiger partial charge < -0.3 is 5.32 Å². The lowest BCUT2D eigenvalue weighted by Crippen LogP contribution is -2.43. The molecule has 1 N–H and O–H groups in total. The molecule has 0 aliphatic heterocycles. The molecule has 3 rings (SSSR count). The number of hydrogen-bond acceptors (Lipinski definition) is 5. The average Bonchev–Trinajstić information content (AvgIpc) is 2.59. The molecule has 0 spiro atoms. The van der Waals surface area contributed by atoms with Crippen LogP contribution in [0.5, 0.6) is 0 Å². The normalized spacial score (nSPS) is 20.4. The number of benzene rings is 1. The molecule has 0 radical (unpaired) electrons. The monoisotopic (exact) mass is 344 g/mol. The molecule has 1 saturated carbocycles. The highest BCUT2D eigenvalue weighted by Crippen LogP contribution is 2.23. The van der Waals surface area contributed by atoms with Gasteiger partial charge in [-0.2, -0.15) is 0 Å². The van der Waals surface area contributed by atoms with Gasteiger partial charge in [-0.15, -0.1) is 0 Å². The van der Waals surface area contributed by atoms with Crippen LogP contribution >= 0.6 is 0 Å². The number of hydrogen-bond donors (Lipinski definition) is 1.